The van der Waals surface area contributed by atoms with Crippen LogP contribution in [0.3, 0.4) is 0 Å². The number of aromatic amines is 1. The maximum Gasteiger partial charge on any atom is 0.417 e. The molecule has 0 aliphatic rings. The van der Waals surface area contributed by atoms with E-state index in [1.165, 1.54) is 0 Å². The minimum atomic E-state index is -0.645. The molecule has 0 amide bonds. The molecule has 0 bridgehead atoms. The number of fused-ring (bicyclic) bond motifs is 1. The molecule has 1 heterocycles. The Morgan fingerprint density at radius 3 is 2.93 bits per heavy atom. The van der Waals surface area contributed by atoms with E-state index in [0.29, 0.717) is 11.1 Å². The van der Waals surface area contributed by atoms with Crippen molar-refractivity contribution in [3.63, 3.8) is 0 Å². The van der Waals surface area contributed by atoms with E-state index in [2.05, 4.69) is 4.98 Å². The molecular weight excluding hydrogens is 196 g/mol. The Morgan fingerprint density at radius 1 is 1.53 bits per heavy atom. The SMILES string of the molecule is CC(O)C(N)c1ccc2[nH]c(=O)oc2c1. The first-order chi connectivity index (χ1) is 7.08. The van der Waals surface area contributed by atoms with Crippen LogP contribution in [0, 0.1) is 0 Å². The summed E-state index contributed by atoms with van der Waals surface area (Å²) in [5.74, 6) is -0.493. The number of aromatic nitrogens is 1. The highest BCUT2D eigenvalue weighted by molar-refractivity contribution is 5.72. The van der Waals surface area contributed by atoms with Gasteiger partial charge in [-0.3, -0.25) is 4.98 Å². The van der Waals surface area contributed by atoms with Crippen LogP contribution >= 0.6 is 0 Å². The second-order valence-electron chi connectivity index (χ2n) is 3.54. The predicted molar refractivity (Wildman–Crippen MR) is 55.4 cm³/mol. The lowest BCUT2D eigenvalue weighted by Crippen LogP contribution is -2.22. The van der Waals surface area contributed by atoms with Crippen molar-refractivity contribution in [2.24, 2.45) is 5.73 Å². The molecule has 5 nitrogen and oxygen atoms in total. The molecular formula is C10H12N2O3. The van der Waals surface area contributed by atoms with Gasteiger partial charge in [-0.25, -0.2) is 4.79 Å². The van der Waals surface area contributed by atoms with Crippen molar-refractivity contribution in [2.45, 2.75) is 19.1 Å². The van der Waals surface area contributed by atoms with E-state index in [1.54, 1.807) is 25.1 Å². The molecule has 80 valence electrons. The minimum Gasteiger partial charge on any atom is -0.408 e. The highest BCUT2D eigenvalue weighted by Crippen LogP contribution is 2.19. The maximum atomic E-state index is 10.9. The van der Waals surface area contributed by atoms with Crippen LogP contribution in [0.5, 0.6) is 0 Å². The quantitative estimate of drug-likeness (QED) is 0.670. The van der Waals surface area contributed by atoms with Gasteiger partial charge >= 0.3 is 5.76 Å². The van der Waals surface area contributed by atoms with Crippen molar-refractivity contribution in [1.29, 1.82) is 0 Å². The molecule has 2 atom stereocenters. The lowest BCUT2D eigenvalue weighted by atomic mass is 10.0. The summed E-state index contributed by atoms with van der Waals surface area (Å²) in [6.45, 7) is 1.61. The molecule has 0 fully saturated rings. The standard InChI is InChI=1S/C10H12N2O3/c1-5(13)9(11)6-2-3-7-8(4-6)15-10(14)12-7/h2-5,9,13H,11H2,1H3,(H,12,14). The number of hydrogen-bond donors (Lipinski definition) is 3. The Bertz CT molecular complexity index is 527. The third-order valence-corrected chi connectivity index (χ3v) is 2.35. The molecule has 0 spiro atoms. The second kappa shape index (κ2) is 3.52. The van der Waals surface area contributed by atoms with Gasteiger partial charge in [0.05, 0.1) is 17.7 Å². The largest absolute Gasteiger partial charge is 0.417 e. The fraction of sp³-hybridized carbons (Fsp3) is 0.300. The molecule has 2 rings (SSSR count). The summed E-state index contributed by atoms with van der Waals surface area (Å²) < 4.78 is 4.89. The number of nitrogens with one attached hydrogen (secondary N) is 1. The summed E-state index contributed by atoms with van der Waals surface area (Å²) in [5.41, 5.74) is 7.57. The first-order valence-corrected chi connectivity index (χ1v) is 4.64. The summed E-state index contributed by atoms with van der Waals surface area (Å²) in [6.07, 6.45) is -0.645. The summed E-state index contributed by atoms with van der Waals surface area (Å²) in [5, 5.41) is 9.33. The minimum absolute atomic E-state index is 0.452. The van der Waals surface area contributed by atoms with E-state index in [9.17, 15) is 9.90 Å². The molecule has 0 radical (unpaired) electrons. The van der Waals surface area contributed by atoms with Crippen LogP contribution in [0.2, 0.25) is 0 Å². The Balaban J connectivity index is 2.50. The summed E-state index contributed by atoms with van der Waals surface area (Å²) in [7, 11) is 0. The number of oxazole rings is 1. The van der Waals surface area contributed by atoms with Crippen LogP contribution in [-0.4, -0.2) is 16.2 Å². The van der Waals surface area contributed by atoms with Gasteiger partial charge in [-0.2, -0.15) is 0 Å². The molecule has 2 aromatic rings. The van der Waals surface area contributed by atoms with Gasteiger partial charge in [0.25, 0.3) is 0 Å². The average molecular weight is 208 g/mol. The zero-order valence-corrected chi connectivity index (χ0v) is 8.23. The van der Waals surface area contributed by atoms with Gasteiger partial charge in [0.2, 0.25) is 0 Å². The molecule has 0 saturated carbocycles. The van der Waals surface area contributed by atoms with Gasteiger partial charge in [0, 0.05) is 0 Å². The Morgan fingerprint density at radius 2 is 2.27 bits per heavy atom. The summed E-state index contributed by atoms with van der Waals surface area (Å²) >= 11 is 0. The lowest BCUT2D eigenvalue weighted by Gasteiger charge is -2.14. The number of benzene rings is 1. The van der Waals surface area contributed by atoms with Crippen molar-refractivity contribution in [1.82, 2.24) is 4.98 Å². The van der Waals surface area contributed by atoms with Crippen LogP contribution in [-0.2, 0) is 0 Å². The Hall–Kier alpha value is -1.59. The molecule has 5 heteroatoms. The van der Waals surface area contributed by atoms with Crippen LogP contribution in [0.1, 0.15) is 18.5 Å². The topological polar surface area (TPSA) is 92.2 Å². The third-order valence-electron chi connectivity index (χ3n) is 2.35. The average Bonchev–Trinajstić information content (AvgIpc) is 2.55. The van der Waals surface area contributed by atoms with Crippen LogP contribution < -0.4 is 11.5 Å². The van der Waals surface area contributed by atoms with E-state index >= 15 is 0 Å². The van der Waals surface area contributed by atoms with E-state index < -0.39 is 17.9 Å². The first-order valence-electron chi connectivity index (χ1n) is 4.64. The lowest BCUT2D eigenvalue weighted by molar-refractivity contribution is 0.164. The number of hydrogen-bond acceptors (Lipinski definition) is 4. The van der Waals surface area contributed by atoms with Crippen LogP contribution in [0.15, 0.2) is 27.4 Å². The highest BCUT2D eigenvalue weighted by atomic mass is 16.4. The van der Waals surface area contributed by atoms with Crippen molar-refractivity contribution in [3.8, 4) is 0 Å². The molecule has 1 aromatic heterocycles. The molecule has 0 saturated heterocycles. The fourth-order valence-corrected chi connectivity index (χ4v) is 1.45. The smallest absolute Gasteiger partial charge is 0.408 e. The highest BCUT2D eigenvalue weighted by Gasteiger charge is 2.13. The van der Waals surface area contributed by atoms with Crippen LogP contribution in [0.4, 0.5) is 0 Å². The molecule has 1 aromatic carbocycles. The zero-order chi connectivity index (χ0) is 11.0. The van der Waals surface area contributed by atoms with Gasteiger partial charge in [-0.1, -0.05) is 6.07 Å². The maximum absolute atomic E-state index is 10.9. The molecule has 0 aliphatic heterocycles. The van der Waals surface area contributed by atoms with Gasteiger partial charge in [-0.15, -0.1) is 0 Å². The second-order valence-corrected chi connectivity index (χ2v) is 3.54. The fourth-order valence-electron chi connectivity index (χ4n) is 1.45. The van der Waals surface area contributed by atoms with Crippen molar-refractivity contribution in [2.75, 3.05) is 0 Å². The van der Waals surface area contributed by atoms with Gasteiger partial charge < -0.3 is 15.3 Å². The number of nitrogens with two attached hydrogens (primary N) is 1. The first kappa shape index (κ1) is 9.95. The molecule has 4 N–H and O–H groups in total. The van der Waals surface area contributed by atoms with E-state index in [4.69, 9.17) is 10.2 Å². The zero-order valence-electron chi connectivity index (χ0n) is 8.23. The molecule has 15 heavy (non-hydrogen) atoms. The van der Waals surface area contributed by atoms with E-state index in [1.807, 2.05) is 0 Å². The van der Waals surface area contributed by atoms with Crippen molar-refractivity contribution in [3.05, 3.63) is 34.3 Å². The number of rotatable bonds is 2. The van der Waals surface area contributed by atoms with Crippen LogP contribution in [0.25, 0.3) is 11.1 Å². The van der Waals surface area contributed by atoms with E-state index in [-0.39, 0.29) is 0 Å². The number of aliphatic hydroxyl groups excluding tert-OH is 1. The number of H-pyrrole nitrogens is 1. The monoisotopic (exact) mass is 208 g/mol. The summed E-state index contributed by atoms with van der Waals surface area (Å²) in [4.78, 5) is 13.4. The summed E-state index contributed by atoms with van der Waals surface area (Å²) in [6, 6.07) is 4.64. The van der Waals surface area contributed by atoms with Gasteiger partial charge in [0.15, 0.2) is 5.58 Å². The Labute approximate surface area is 85.5 Å². The Kier molecular flexibility index (Phi) is 2.34. The van der Waals surface area contributed by atoms with Crippen molar-refractivity contribution < 1.29 is 9.52 Å². The molecule has 0 aliphatic carbocycles. The number of aliphatic hydroxyl groups is 1. The molecule has 2 unspecified atom stereocenters. The van der Waals surface area contributed by atoms with Crippen molar-refractivity contribution >= 4 is 11.1 Å². The van der Waals surface area contributed by atoms with E-state index in [0.717, 1.165) is 5.56 Å². The third kappa shape index (κ3) is 1.79. The normalized spacial score (nSPS) is 15.4. The van der Waals surface area contributed by atoms with Gasteiger partial charge in [0.1, 0.15) is 0 Å². The van der Waals surface area contributed by atoms with Gasteiger partial charge in [-0.05, 0) is 24.6 Å². The predicted octanol–water partition coefficient (Wildman–Crippen LogP) is 0.502.